The van der Waals surface area contributed by atoms with E-state index in [9.17, 15) is 4.79 Å². The topological polar surface area (TPSA) is 56.8 Å². The van der Waals surface area contributed by atoms with E-state index in [4.69, 9.17) is 14.2 Å². The molecule has 0 amide bonds. The number of hydrogen-bond donors (Lipinski definition) is 1. The van der Waals surface area contributed by atoms with Crippen LogP contribution in [0.5, 0.6) is 0 Å². The highest BCUT2D eigenvalue weighted by Gasteiger charge is 2.30. The molecule has 0 radical (unpaired) electrons. The molecule has 1 fully saturated rings. The first-order valence-electron chi connectivity index (χ1n) is 6.22. The van der Waals surface area contributed by atoms with Gasteiger partial charge in [-0.05, 0) is 25.3 Å². The van der Waals surface area contributed by atoms with Crippen LogP contribution in [-0.4, -0.2) is 52.1 Å². The van der Waals surface area contributed by atoms with Crippen molar-refractivity contribution in [3.63, 3.8) is 0 Å². The van der Waals surface area contributed by atoms with Gasteiger partial charge in [0.2, 0.25) is 0 Å². The minimum atomic E-state index is -0.157. The van der Waals surface area contributed by atoms with E-state index in [-0.39, 0.29) is 12.0 Å². The summed E-state index contributed by atoms with van der Waals surface area (Å²) in [6.07, 6.45) is 1.90. The summed E-state index contributed by atoms with van der Waals surface area (Å²) in [5.74, 6) is 0.209. The molecule has 17 heavy (non-hydrogen) atoms. The standard InChI is InChI=1S/C12H23NO4/c1-10-4-5-13-11(10)12(14)17-9-8-16-7-3-6-15-2/h10-11,13H,3-9H2,1-2H3. The summed E-state index contributed by atoms with van der Waals surface area (Å²) < 4.78 is 15.3. The Kier molecular flexibility index (Phi) is 7.16. The molecule has 0 aromatic carbocycles. The molecule has 0 aliphatic carbocycles. The highest BCUT2D eigenvalue weighted by molar-refractivity contribution is 5.76. The van der Waals surface area contributed by atoms with Crippen molar-refractivity contribution in [3.8, 4) is 0 Å². The SMILES string of the molecule is COCCCOCCOC(=O)C1NCCC1C. The van der Waals surface area contributed by atoms with Crippen LogP contribution in [0.2, 0.25) is 0 Å². The average Bonchev–Trinajstić information content (AvgIpc) is 2.74. The predicted octanol–water partition coefficient (Wildman–Crippen LogP) is 0.581. The summed E-state index contributed by atoms with van der Waals surface area (Å²) in [7, 11) is 1.66. The van der Waals surface area contributed by atoms with Crippen LogP contribution >= 0.6 is 0 Å². The molecule has 1 rings (SSSR count). The largest absolute Gasteiger partial charge is 0.462 e. The van der Waals surface area contributed by atoms with Gasteiger partial charge in [0, 0.05) is 20.3 Å². The van der Waals surface area contributed by atoms with Crippen LogP contribution in [-0.2, 0) is 19.0 Å². The van der Waals surface area contributed by atoms with Crippen LogP contribution in [0, 0.1) is 5.92 Å². The molecule has 0 bridgehead atoms. The van der Waals surface area contributed by atoms with E-state index >= 15 is 0 Å². The van der Waals surface area contributed by atoms with Crippen molar-refractivity contribution in [2.75, 3.05) is 40.1 Å². The molecule has 0 spiro atoms. The zero-order valence-electron chi connectivity index (χ0n) is 10.7. The van der Waals surface area contributed by atoms with Gasteiger partial charge < -0.3 is 19.5 Å². The molecule has 1 aliphatic heterocycles. The number of esters is 1. The highest BCUT2D eigenvalue weighted by Crippen LogP contribution is 2.15. The molecule has 1 aliphatic rings. The fraction of sp³-hybridized carbons (Fsp3) is 0.917. The van der Waals surface area contributed by atoms with E-state index in [2.05, 4.69) is 12.2 Å². The van der Waals surface area contributed by atoms with Gasteiger partial charge in [-0.1, -0.05) is 6.92 Å². The second-order valence-electron chi connectivity index (χ2n) is 4.32. The third-order valence-corrected chi connectivity index (χ3v) is 2.90. The van der Waals surface area contributed by atoms with Gasteiger partial charge in [0.1, 0.15) is 12.6 Å². The van der Waals surface area contributed by atoms with Gasteiger partial charge in [-0.25, -0.2) is 0 Å². The maximum Gasteiger partial charge on any atom is 0.323 e. The first-order valence-corrected chi connectivity index (χ1v) is 6.22. The van der Waals surface area contributed by atoms with Crippen molar-refractivity contribution in [2.45, 2.75) is 25.8 Å². The molecule has 0 saturated carbocycles. The summed E-state index contributed by atoms with van der Waals surface area (Å²) in [5, 5.41) is 3.14. The number of carbonyl (C=O) groups excluding carboxylic acids is 1. The summed E-state index contributed by atoms with van der Waals surface area (Å²) in [6.45, 7) is 5.08. The van der Waals surface area contributed by atoms with E-state index in [0.717, 1.165) is 19.4 Å². The van der Waals surface area contributed by atoms with Crippen molar-refractivity contribution < 1.29 is 19.0 Å². The molecule has 5 nitrogen and oxygen atoms in total. The van der Waals surface area contributed by atoms with E-state index in [0.29, 0.717) is 32.3 Å². The maximum absolute atomic E-state index is 11.6. The Morgan fingerprint density at radius 3 is 2.76 bits per heavy atom. The molecular formula is C12H23NO4. The number of rotatable bonds is 8. The van der Waals surface area contributed by atoms with Gasteiger partial charge in [-0.3, -0.25) is 4.79 Å². The molecule has 2 unspecified atom stereocenters. The van der Waals surface area contributed by atoms with Gasteiger partial charge in [-0.15, -0.1) is 0 Å². The van der Waals surface area contributed by atoms with Gasteiger partial charge in [0.25, 0.3) is 0 Å². The molecule has 1 saturated heterocycles. The van der Waals surface area contributed by atoms with Gasteiger partial charge in [0.05, 0.1) is 6.61 Å². The molecule has 0 aromatic heterocycles. The Morgan fingerprint density at radius 2 is 2.12 bits per heavy atom. The number of ether oxygens (including phenoxy) is 3. The second kappa shape index (κ2) is 8.44. The Bertz CT molecular complexity index is 223. The molecule has 1 heterocycles. The molecule has 5 heteroatoms. The van der Waals surface area contributed by atoms with Crippen molar-refractivity contribution in [3.05, 3.63) is 0 Å². The van der Waals surface area contributed by atoms with Crippen LogP contribution in [0.4, 0.5) is 0 Å². The zero-order valence-corrected chi connectivity index (χ0v) is 10.7. The number of hydrogen-bond acceptors (Lipinski definition) is 5. The van der Waals surface area contributed by atoms with E-state index in [1.807, 2.05) is 0 Å². The van der Waals surface area contributed by atoms with E-state index in [1.165, 1.54) is 0 Å². The summed E-state index contributed by atoms with van der Waals surface area (Å²) in [5.41, 5.74) is 0. The van der Waals surface area contributed by atoms with Gasteiger partial charge >= 0.3 is 5.97 Å². The third-order valence-electron chi connectivity index (χ3n) is 2.90. The zero-order chi connectivity index (χ0) is 12.5. The quantitative estimate of drug-likeness (QED) is 0.501. The lowest BCUT2D eigenvalue weighted by molar-refractivity contribution is -0.148. The number of methoxy groups -OCH3 is 1. The normalized spacial score (nSPS) is 23.9. The Morgan fingerprint density at radius 1 is 1.29 bits per heavy atom. The van der Waals surface area contributed by atoms with Crippen molar-refractivity contribution in [2.24, 2.45) is 5.92 Å². The van der Waals surface area contributed by atoms with Crippen molar-refractivity contribution >= 4 is 5.97 Å². The lowest BCUT2D eigenvalue weighted by Gasteiger charge is -2.14. The number of carbonyl (C=O) groups is 1. The lowest BCUT2D eigenvalue weighted by atomic mass is 10.0. The molecule has 2 atom stereocenters. The fourth-order valence-corrected chi connectivity index (χ4v) is 1.85. The maximum atomic E-state index is 11.6. The Hall–Kier alpha value is -0.650. The molecule has 1 N–H and O–H groups in total. The average molecular weight is 245 g/mol. The van der Waals surface area contributed by atoms with Crippen LogP contribution < -0.4 is 5.32 Å². The van der Waals surface area contributed by atoms with Crippen LogP contribution in [0.25, 0.3) is 0 Å². The molecule has 0 aromatic rings. The van der Waals surface area contributed by atoms with E-state index < -0.39 is 0 Å². The van der Waals surface area contributed by atoms with Crippen molar-refractivity contribution in [1.82, 2.24) is 5.32 Å². The van der Waals surface area contributed by atoms with E-state index in [1.54, 1.807) is 7.11 Å². The van der Waals surface area contributed by atoms with Gasteiger partial charge in [-0.2, -0.15) is 0 Å². The molecule has 100 valence electrons. The smallest absolute Gasteiger partial charge is 0.323 e. The summed E-state index contributed by atoms with van der Waals surface area (Å²) in [6, 6.07) is -0.136. The predicted molar refractivity (Wildman–Crippen MR) is 63.8 cm³/mol. The summed E-state index contributed by atoms with van der Waals surface area (Å²) >= 11 is 0. The minimum Gasteiger partial charge on any atom is -0.462 e. The second-order valence-corrected chi connectivity index (χ2v) is 4.32. The first-order chi connectivity index (χ1) is 8.25. The summed E-state index contributed by atoms with van der Waals surface area (Å²) in [4.78, 5) is 11.6. The third kappa shape index (κ3) is 5.48. The lowest BCUT2D eigenvalue weighted by Crippen LogP contribution is -2.36. The Labute approximate surface area is 103 Å². The van der Waals surface area contributed by atoms with Crippen LogP contribution in [0.1, 0.15) is 19.8 Å². The minimum absolute atomic E-state index is 0.136. The van der Waals surface area contributed by atoms with Crippen LogP contribution in [0.3, 0.4) is 0 Å². The highest BCUT2D eigenvalue weighted by atomic mass is 16.6. The first kappa shape index (κ1) is 14.4. The number of nitrogens with one attached hydrogen (secondary N) is 1. The van der Waals surface area contributed by atoms with Crippen LogP contribution in [0.15, 0.2) is 0 Å². The fourth-order valence-electron chi connectivity index (χ4n) is 1.85. The Balaban J connectivity index is 1.97. The monoisotopic (exact) mass is 245 g/mol. The van der Waals surface area contributed by atoms with Gasteiger partial charge in [0.15, 0.2) is 0 Å². The van der Waals surface area contributed by atoms with Crippen molar-refractivity contribution in [1.29, 1.82) is 0 Å². The molecular weight excluding hydrogens is 222 g/mol.